The first-order valence-corrected chi connectivity index (χ1v) is 11.3. The number of nitrogens with zero attached hydrogens (tertiary/aromatic N) is 6. The number of anilines is 1. The maximum absolute atomic E-state index is 14.2. The van der Waals surface area contributed by atoms with E-state index in [1.165, 1.54) is 18.9 Å². The first-order chi connectivity index (χ1) is 15.6. The maximum Gasteiger partial charge on any atom is 0.256 e. The van der Waals surface area contributed by atoms with Gasteiger partial charge < -0.3 is 9.80 Å². The number of aromatic nitrogens is 4. The third kappa shape index (κ3) is 3.97. The van der Waals surface area contributed by atoms with Gasteiger partial charge in [-0.25, -0.2) is 14.4 Å². The molecule has 2 fully saturated rings. The number of benzene rings is 1. The van der Waals surface area contributed by atoms with Gasteiger partial charge in [0, 0.05) is 57.1 Å². The van der Waals surface area contributed by atoms with E-state index < -0.39 is 5.82 Å². The summed E-state index contributed by atoms with van der Waals surface area (Å²) in [6.45, 7) is 3.11. The largest absolute Gasteiger partial charge is 0.341 e. The van der Waals surface area contributed by atoms with Crippen LogP contribution < -0.4 is 4.90 Å². The molecule has 2 aliphatic rings. The van der Waals surface area contributed by atoms with Crippen LogP contribution in [0.15, 0.2) is 42.7 Å². The fourth-order valence-electron chi connectivity index (χ4n) is 4.76. The highest BCUT2D eigenvalue weighted by Crippen LogP contribution is 2.34. The highest BCUT2D eigenvalue weighted by molar-refractivity contribution is 5.94. The average molecular weight is 435 g/mol. The lowest BCUT2D eigenvalue weighted by molar-refractivity contribution is 0.0701. The molecule has 8 heteroatoms. The van der Waals surface area contributed by atoms with Crippen molar-refractivity contribution in [1.82, 2.24) is 24.6 Å². The average Bonchev–Trinajstić information content (AvgIpc) is 3.49. The molecule has 32 heavy (non-hydrogen) atoms. The first kappa shape index (κ1) is 20.6. The van der Waals surface area contributed by atoms with Crippen molar-refractivity contribution in [3.8, 4) is 11.3 Å². The molecule has 2 aliphatic heterocycles. The standard InChI is InChI=1S/C24H27FN6O/c1-29-16-19(21-10-11-26-24(27-21)30-12-4-5-13-30)22(28-29)17-7-6-14-31(15-17)23(32)18-8-2-3-9-20(18)25/h2-3,8-11,16-17H,4-7,12-15H2,1H3. The highest BCUT2D eigenvalue weighted by Gasteiger charge is 2.30. The van der Waals surface area contributed by atoms with Crippen LogP contribution in [0.4, 0.5) is 10.3 Å². The quantitative estimate of drug-likeness (QED) is 0.627. The Bertz CT molecular complexity index is 1120. The van der Waals surface area contributed by atoms with Crippen LogP contribution in [0.3, 0.4) is 0 Å². The SMILES string of the molecule is Cn1cc(-c2ccnc(N3CCCC3)n2)c(C2CCCN(C(=O)c3ccccc3F)C2)n1. The van der Waals surface area contributed by atoms with Crippen LogP contribution in [-0.4, -0.2) is 56.7 Å². The third-order valence-corrected chi connectivity index (χ3v) is 6.36. The van der Waals surface area contributed by atoms with Gasteiger partial charge in [-0.15, -0.1) is 0 Å². The van der Waals surface area contributed by atoms with Gasteiger partial charge in [-0.05, 0) is 43.9 Å². The van der Waals surface area contributed by atoms with Crippen molar-refractivity contribution in [2.45, 2.75) is 31.6 Å². The molecule has 4 heterocycles. The molecular weight excluding hydrogens is 407 g/mol. The molecule has 3 aromatic rings. The smallest absolute Gasteiger partial charge is 0.256 e. The zero-order chi connectivity index (χ0) is 22.1. The Morgan fingerprint density at radius 3 is 2.72 bits per heavy atom. The van der Waals surface area contributed by atoms with Crippen LogP contribution in [0.2, 0.25) is 0 Å². The fraction of sp³-hybridized carbons (Fsp3) is 0.417. The lowest BCUT2D eigenvalue weighted by atomic mass is 9.91. The number of likely N-dealkylation sites (tertiary alicyclic amines) is 1. The second kappa shape index (κ2) is 8.68. The number of carbonyl (C=O) groups excluding carboxylic acids is 1. The van der Waals surface area contributed by atoms with Crippen molar-refractivity contribution in [1.29, 1.82) is 0 Å². The second-order valence-electron chi connectivity index (χ2n) is 8.61. The van der Waals surface area contributed by atoms with Crippen molar-refractivity contribution >= 4 is 11.9 Å². The molecule has 1 aromatic carbocycles. The van der Waals surface area contributed by atoms with Crippen LogP contribution in [0, 0.1) is 5.82 Å². The van der Waals surface area contributed by atoms with E-state index in [2.05, 4.69) is 9.88 Å². The topological polar surface area (TPSA) is 67.2 Å². The molecule has 5 rings (SSSR count). The molecule has 0 spiro atoms. The predicted octanol–water partition coefficient (Wildman–Crippen LogP) is 3.64. The Morgan fingerprint density at radius 2 is 1.91 bits per heavy atom. The number of rotatable bonds is 4. The van der Waals surface area contributed by atoms with Gasteiger partial charge in [-0.2, -0.15) is 5.10 Å². The molecule has 0 bridgehead atoms. The van der Waals surface area contributed by atoms with Crippen LogP contribution >= 0.6 is 0 Å². The molecule has 2 aromatic heterocycles. The number of amides is 1. The number of carbonyl (C=O) groups is 1. The summed E-state index contributed by atoms with van der Waals surface area (Å²) >= 11 is 0. The molecule has 0 saturated carbocycles. The molecule has 1 unspecified atom stereocenters. The summed E-state index contributed by atoms with van der Waals surface area (Å²) in [6, 6.07) is 8.10. The first-order valence-electron chi connectivity index (χ1n) is 11.3. The van der Waals surface area contributed by atoms with E-state index in [-0.39, 0.29) is 17.4 Å². The van der Waals surface area contributed by atoms with Gasteiger partial charge in [0.25, 0.3) is 5.91 Å². The van der Waals surface area contributed by atoms with Crippen molar-refractivity contribution < 1.29 is 9.18 Å². The summed E-state index contributed by atoms with van der Waals surface area (Å²) in [5.74, 6) is 0.0906. The Morgan fingerprint density at radius 1 is 1.09 bits per heavy atom. The molecule has 166 valence electrons. The molecular formula is C24H27FN6O. The van der Waals surface area contributed by atoms with Crippen molar-refractivity contribution in [2.75, 3.05) is 31.1 Å². The van der Waals surface area contributed by atoms with Gasteiger partial charge in [0.1, 0.15) is 5.82 Å². The van der Waals surface area contributed by atoms with Crippen molar-refractivity contribution in [3.63, 3.8) is 0 Å². The molecule has 7 nitrogen and oxygen atoms in total. The number of hydrogen-bond donors (Lipinski definition) is 0. The number of aryl methyl sites for hydroxylation is 1. The summed E-state index contributed by atoms with van der Waals surface area (Å²) in [5, 5.41) is 4.75. The minimum Gasteiger partial charge on any atom is -0.341 e. The minimum atomic E-state index is -0.478. The van der Waals surface area contributed by atoms with E-state index in [1.54, 1.807) is 27.8 Å². The van der Waals surface area contributed by atoms with Crippen LogP contribution in [0.1, 0.15) is 47.7 Å². The normalized spacial score (nSPS) is 18.9. The monoisotopic (exact) mass is 434 g/mol. The summed E-state index contributed by atoms with van der Waals surface area (Å²) in [6.07, 6.45) is 7.91. The summed E-state index contributed by atoms with van der Waals surface area (Å²) in [4.78, 5) is 26.3. The Kier molecular flexibility index (Phi) is 5.59. The summed E-state index contributed by atoms with van der Waals surface area (Å²) < 4.78 is 16.0. The summed E-state index contributed by atoms with van der Waals surface area (Å²) in [7, 11) is 1.90. The Hall–Kier alpha value is -3.29. The van der Waals surface area contributed by atoms with Crippen LogP contribution in [-0.2, 0) is 7.05 Å². The predicted molar refractivity (Wildman–Crippen MR) is 120 cm³/mol. The van der Waals surface area contributed by atoms with Gasteiger partial charge in [0.2, 0.25) is 5.95 Å². The molecule has 1 amide bonds. The van der Waals surface area contributed by atoms with Gasteiger partial charge >= 0.3 is 0 Å². The Labute approximate surface area is 186 Å². The van der Waals surface area contributed by atoms with E-state index in [4.69, 9.17) is 10.1 Å². The number of hydrogen-bond acceptors (Lipinski definition) is 5. The molecule has 0 aliphatic carbocycles. The van der Waals surface area contributed by atoms with Crippen LogP contribution in [0.25, 0.3) is 11.3 Å². The minimum absolute atomic E-state index is 0.0703. The lowest BCUT2D eigenvalue weighted by Crippen LogP contribution is -2.39. The fourth-order valence-corrected chi connectivity index (χ4v) is 4.76. The second-order valence-corrected chi connectivity index (χ2v) is 8.61. The summed E-state index contributed by atoms with van der Waals surface area (Å²) in [5.41, 5.74) is 2.88. The van der Waals surface area contributed by atoms with Crippen molar-refractivity contribution in [2.24, 2.45) is 7.05 Å². The van der Waals surface area contributed by atoms with E-state index >= 15 is 0 Å². The lowest BCUT2D eigenvalue weighted by Gasteiger charge is -2.32. The molecule has 1 atom stereocenters. The van der Waals surface area contributed by atoms with Crippen molar-refractivity contribution in [3.05, 3.63) is 59.8 Å². The zero-order valence-electron chi connectivity index (χ0n) is 18.2. The van der Waals surface area contributed by atoms with E-state index in [0.29, 0.717) is 13.1 Å². The van der Waals surface area contributed by atoms with Gasteiger partial charge in [-0.3, -0.25) is 9.48 Å². The van der Waals surface area contributed by atoms with Crippen LogP contribution in [0.5, 0.6) is 0 Å². The zero-order valence-corrected chi connectivity index (χ0v) is 18.2. The van der Waals surface area contributed by atoms with Gasteiger partial charge in [0.05, 0.1) is 17.0 Å². The molecule has 0 N–H and O–H groups in total. The maximum atomic E-state index is 14.2. The molecule has 2 saturated heterocycles. The number of halogens is 1. The Balaban J connectivity index is 1.42. The van der Waals surface area contributed by atoms with E-state index in [0.717, 1.165) is 48.8 Å². The third-order valence-electron chi connectivity index (χ3n) is 6.36. The van der Waals surface area contributed by atoms with E-state index in [1.807, 2.05) is 25.5 Å². The van der Waals surface area contributed by atoms with E-state index in [9.17, 15) is 9.18 Å². The molecule has 0 radical (unpaired) electrons. The van der Waals surface area contributed by atoms with Gasteiger partial charge in [-0.1, -0.05) is 12.1 Å². The number of piperidine rings is 1. The highest BCUT2D eigenvalue weighted by atomic mass is 19.1. The van der Waals surface area contributed by atoms with Gasteiger partial charge in [0.15, 0.2) is 0 Å².